The maximum Gasteiger partial charge on any atom is 0.0730 e. The van der Waals surface area contributed by atoms with Gasteiger partial charge in [-0.3, -0.25) is 0 Å². The predicted molar refractivity (Wildman–Crippen MR) is 92.7 cm³/mol. The molecule has 0 heterocycles. The van der Waals surface area contributed by atoms with Gasteiger partial charge < -0.3 is 10.1 Å². The minimum absolute atomic E-state index is 0.366. The second-order valence-electron chi connectivity index (χ2n) is 8.74. The Morgan fingerprint density at radius 2 is 1.71 bits per heavy atom. The third-order valence-corrected chi connectivity index (χ3v) is 5.46. The minimum atomic E-state index is 0.366. The maximum absolute atomic E-state index is 6.33. The molecule has 1 fully saturated rings. The van der Waals surface area contributed by atoms with E-state index in [4.69, 9.17) is 4.74 Å². The van der Waals surface area contributed by atoms with Crippen LogP contribution in [0.3, 0.4) is 0 Å². The van der Waals surface area contributed by atoms with Crippen molar-refractivity contribution in [2.24, 2.45) is 16.7 Å². The molecule has 2 heteroatoms. The topological polar surface area (TPSA) is 21.3 Å². The average molecular weight is 298 g/mol. The highest BCUT2D eigenvalue weighted by atomic mass is 16.5. The fourth-order valence-electron chi connectivity index (χ4n) is 3.32. The number of ether oxygens (including phenoxy) is 1. The summed E-state index contributed by atoms with van der Waals surface area (Å²) in [6.45, 7) is 18.2. The highest BCUT2D eigenvalue weighted by Gasteiger charge is 2.37. The molecule has 1 aliphatic carbocycles. The first-order valence-electron chi connectivity index (χ1n) is 9.04. The maximum atomic E-state index is 6.33. The van der Waals surface area contributed by atoms with Gasteiger partial charge in [0.25, 0.3) is 0 Å². The zero-order valence-electron chi connectivity index (χ0n) is 15.6. The Morgan fingerprint density at radius 3 is 2.24 bits per heavy atom. The van der Waals surface area contributed by atoms with Crippen molar-refractivity contribution in [2.75, 3.05) is 13.2 Å². The second-order valence-corrected chi connectivity index (χ2v) is 8.74. The van der Waals surface area contributed by atoms with Crippen molar-refractivity contribution in [1.29, 1.82) is 0 Å². The summed E-state index contributed by atoms with van der Waals surface area (Å²) in [6.07, 6.45) is 6.64. The smallest absolute Gasteiger partial charge is 0.0730 e. The summed E-state index contributed by atoms with van der Waals surface area (Å²) in [5.74, 6) is 0.803. The lowest BCUT2D eigenvalue weighted by atomic mass is 9.68. The summed E-state index contributed by atoms with van der Waals surface area (Å²) in [5, 5.41) is 3.65. The number of nitrogens with one attached hydrogen (secondary N) is 1. The van der Waals surface area contributed by atoms with Gasteiger partial charge in [-0.1, -0.05) is 54.9 Å². The number of hydrogen-bond donors (Lipinski definition) is 1. The van der Waals surface area contributed by atoms with Crippen molar-refractivity contribution in [2.45, 2.75) is 92.7 Å². The summed E-state index contributed by atoms with van der Waals surface area (Å²) in [6, 6.07) is 0.555. The van der Waals surface area contributed by atoms with E-state index >= 15 is 0 Å². The lowest BCUT2D eigenvalue weighted by molar-refractivity contribution is -0.0375. The SMILES string of the molecule is CCNC1CCC(C(C)(C)CC)CC1OCCC(C)(C)C. The van der Waals surface area contributed by atoms with Gasteiger partial charge in [-0.15, -0.1) is 0 Å². The molecule has 0 spiro atoms. The largest absolute Gasteiger partial charge is 0.377 e. The van der Waals surface area contributed by atoms with Crippen LogP contribution in [-0.4, -0.2) is 25.3 Å². The van der Waals surface area contributed by atoms with Gasteiger partial charge in [0.15, 0.2) is 0 Å². The van der Waals surface area contributed by atoms with Gasteiger partial charge in [0.2, 0.25) is 0 Å². The summed E-state index contributed by atoms with van der Waals surface area (Å²) in [5.41, 5.74) is 0.813. The molecule has 0 aromatic carbocycles. The summed E-state index contributed by atoms with van der Waals surface area (Å²) in [7, 11) is 0. The molecule has 0 aromatic rings. The predicted octanol–water partition coefficient (Wildman–Crippen LogP) is 5.02. The molecule has 1 aliphatic rings. The highest BCUT2D eigenvalue weighted by Crippen LogP contribution is 2.41. The van der Waals surface area contributed by atoms with E-state index in [-0.39, 0.29) is 0 Å². The fourth-order valence-corrected chi connectivity index (χ4v) is 3.32. The van der Waals surface area contributed by atoms with Crippen LogP contribution < -0.4 is 5.32 Å². The first-order valence-corrected chi connectivity index (χ1v) is 9.04. The van der Waals surface area contributed by atoms with Crippen LogP contribution in [0.15, 0.2) is 0 Å². The van der Waals surface area contributed by atoms with Crippen LogP contribution in [0.25, 0.3) is 0 Å². The minimum Gasteiger partial charge on any atom is -0.377 e. The van der Waals surface area contributed by atoms with Crippen molar-refractivity contribution < 1.29 is 4.74 Å². The van der Waals surface area contributed by atoms with E-state index in [0.29, 0.717) is 23.0 Å². The van der Waals surface area contributed by atoms with Crippen LogP contribution in [0.1, 0.15) is 80.6 Å². The molecule has 2 nitrogen and oxygen atoms in total. The molecule has 3 unspecified atom stereocenters. The Kier molecular flexibility index (Phi) is 7.19. The van der Waals surface area contributed by atoms with Crippen LogP contribution in [0.5, 0.6) is 0 Å². The molecule has 1 N–H and O–H groups in total. The van der Waals surface area contributed by atoms with Gasteiger partial charge in [-0.2, -0.15) is 0 Å². The monoisotopic (exact) mass is 297 g/mol. The van der Waals surface area contributed by atoms with Crippen LogP contribution in [0, 0.1) is 16.7 Å². The van der Waals surface area contributed by atoms with Gasteiger partial charge in [0.05, 0.1) is 6.10 Å². The summed E-state index contributed by atoms with van der Waals surface area (Å²) >= 11 is 0. The second kappa shape index (κ2) is 7.97. The van der Waals surface area contributed by atoms with E-state index in [2.05, 4.69) is 53.8 Å². The van der Waals surface area contributed by atoms with Crippen LogP contribution in [0.2, 0.25) is 0 Å². The molecule has 21 heavy (non-hydrogen) atoms. The van der Waals surface area contributed by atoms with Crippen molar-refractivity contribution >= 4 is 0 Å². The lowest BCUT2D eigenvalue weighted by Gasteiger charge is -2.43. The molecular formula is C19H39NO. The van der Waals surface area contributed by atoms with Crippen molar-refractivity contribution in [3.05, 3.63) is 0 Å². The number of rotatable bonds is 7. The molecule has 0 aliphatic heterocycles. The Balaban J connectivity index is 2.59. The molecule has 126 valence electrons. The Hall–Kier alpha value is -0.0800. The summed E-state index contributed by atoms with van der Waals surface area (Å²) in [4.78, 5) is 0. The quantitative estimate of drug-likeness (QED) is 0.712. The lowest BCUT2D eigenvalue weighted by Crippen LogP contribution is -2.48. The van der Waals surface area contributed by atoms with Crippen LogP contribution in [-0.2, 0) is 4.74 Å². The van der Waals surface area contributed by atoms with Gasteiger partial charge in [-0.25, -0.2) is 0 Å². The Morgan fingerprint density at radius 1 is 1.05 bits per heavy atom. The van der Waals surface area contributed by atoms with Crippen molar-refractivity contribution in [1.82, 2.24) is 5.32 Å². The van der Waals surface area contributed by atoms with E-state index in [0.717, 1.165) is 25.5 Å². The molecule has 0 saturated heterocycles. The van der Waals surface area contributed by atoms with E-state index in [1.54, 1.807) is 0 Å². The van der Waals surface area contributed by atoms with Gasteiger partial charge in [-0.05, 0) is 49.0 Å². The molecule has 1 rings (SSSR count). The van der Waals surface area contributed by atoms with Gasteiger partial charge in [0, 0.05) is 12.6 Å². The van der Waals surface area contributed by atoms with E-state index in [1.165, 1.54) is 25.7 Å². The third-order valence-electron chi connectivity index (χ3n) is 5.46. The zero-order chi connectivity index (χ0) is 16.1. The van der Waals surface area contributed by atoms with Crippen molar-refractivity contribution in [3.63, 3.8) is 0 Å². The first kappa shape index (κ1) is 19.0. The fraction of sp³-hybridized carbons (Fsp3) is 1.00. The Labute approximate surface area is 133 Å². The first-order chi connectivity index (χ1) is 9.69. The van der Waals surface area contributed by atoms with E-state index < -0.39 is 0 Å². The Bertz CT molecular complexity index is 292. The average Bonchev–Trinajstić information content (AvgIpc) is 2.39. The van der Waals surface area contributed by atoms with E-state index in [9.17, 15) is 0 Å². The van der Waals surface area contributed by atoms with Crippen LogP contribution >= 0.6 is 0 Å². The van der Waals surface area contributed by atoms with Gasteiger partial charge in [0.1, 0.15) is 0 Å². The molecule has 0 amide bonds. The standard InChI is InChI=1S/C19H39NO/c1-8-19(6,7)15-10-11-16(20-9-2)17(14-15)21-13-12-18(3,4)5/h15-17,20H,8-14H2,1-7H3. The molecule has 0 radical (unpaired) electrons. The summed E-state index contributed by atoms with van der Waals surface area (Å²) < 4.78 is 6.33. The van der Waals surface area contributed by atoms with Crippen LogP contribution in [0.4, 0.5) is 0 Å². The van der Waals surface area contributed by atoms with Crippen molar-refractivity contribution in [3.8, 4) is 0 Å². The zero-order valence-corrected chi connectivity index (χ0v) is 15.6. The van der Waals surface area contributed by atoms with E-state index in [1.807, 2.05) is 0 Å². The number of hydrogen-bond acceptors (Lipinski definition) is 2. The number of likely N-dealkylation sites (N-methyl/N-ethyl adjacent to an activating group) is 1. The molecule has 3 atom stereocenters. The third kappa shape index (κ3) is 6.28. The molecule has 1 saturated carbocycles. The van der Waals surface area contributed by atoms with Gasteiger partial charge >= 0.3 is 0 Å². The molecule has 0 aromatic heterocycles. The normalized spacial score (nSPS) is 27.9. The highest BCUT2D eigenvalue weighted by molar-refractivity contribution is 4.90. The molecular weight excluding hydrogens is 258 g/mol. The molecule has 0 bridgehead atoms.